The van der Waals surface area contributed by atoms with E-state index in [0.717, 1.165) is 0 Å². The number of carbonyl (C=O) groups excluding carboxylic acids is 1. The zero-order valence-electron chi connectivity index (χ0n) is 10.4. The molecule has 8 heteroatoms. The Balaban J connectivity index is 2.30. The van der Waals surface area contributed by atoms with Gasteiger partial charge in [0.1, 0.15) is 11.5 Å². The topological polar surface area (TPSA) is 92.7 Å². The SMILES string of the molecule is CCn1ncc(Br)c1C(=O)Nc1cc(C)[nH]c(=O)n1. The standard InChI is InChI=1S/C11H12BrN5O2/c1-3-17-9(7(12)5-13-17)10(18)15-8-4-6(2)14-11(19)16-8/h4-5H,3H2,1-2H3,(H2,14,15,16,18,19). The molecule has 100 valence electrons. The first-order chi connectivity index (χ1) is 9.01. The van der Waals surface area contributed by atoms with Crippen LogP contribution in [0.3, 0.4) is 0 Å². The summed E-state index contributed by atoms with van der Waals surface area (Å²) < 4.78 is 2.15. The number of nitrogens with zero attached hydrogens (tertiary/aromatic N) is 3. The average Bonchev–Trinajstić information content (AvgIpc) is 2.68. The number of hydrogen-bond acceptors (Lipinski definition) is 4. The number of anilines is 1. The molecule has 2 heterocycles. The van der Waals surface area contributed by atoms with Crippen LogP contribution in [0.5, 0.6) is 0 Å². The second-order valence-electron chi connectivity index (χ2n) is 3.87. The van der Waals surface area contributed by atoms with Crippen LogP contribution in [0.2, 0.25) is 0 Å². The molecule has 0 bridgehead atoms. The Kier molecular flexibility index (Phi) is 3.79. The number of aromatic nitrogens is 4. The van der Waals surface area contributed by atoms with Crippen LogP contribution in [-0.4, -0.2) is 25.7 Å². The second-order valence-corrected chi connectivity index (χ2v) is 4.72. The van der Waals surface area contributed by atoms with Crippen molar-refractivity contribution in [3.05, 3.63) is 38.6 Å². The monoisotopic (exact) mass is 325 g/mol. The number of halogens is 1. The van der Waals surface area contributed by atoms with Gasteiger partial charge in [0, 0.05) is 18.3 Å². The van der Waals surface area contributed by atoms with Crippen molar-refractivity contribution in [3.8, 4) is 0 Å². The predicted molar refractivity (Wildman–Crippen MR) is 73.1 cm³/mol. The Morgan fingerprint density at radius 3 is 2.95 bits per heavy atom. The van der Waals surface area contributed by atoms with Crippen LogP contribution in [0, 0.1) is 6.92 Å². The zero-order valence-corrected chi connectivity index (χ0v) is 12.0. The normalized spacial score (nSPS) is 10.5. The summed E-state index contributed by atoms with van der Waals surface area (Å²) in [4.78, 5) is 29.6. The van der Waals surface area contributed by atoms with Gasteiger partial charge in [-0.05, 0) is 29.8 Å². The van der Waals surface area contributed by atoms with E-state index < -0.39 is 5.69 Å². The second kappa shape index (κ2) is 5.35. The maximum atomic E-state index is 12.1. The Morgan fingerprint density at radius 1 is 1.58 bits per heavy atom. The Bertz CT molecular complexity index is 676. The van der Waals surface area contributed by atoms with Crippen molar-refractivity contribution in [3.63, 3.8) is 0 Å². The van der Waals surface area contributed by atoms with E-state index in [1.807, 2.05) is 6.92 Å². The first-order valence-electron chi connectivity index (χ1n) is 5.62. The highest BCUT2D eigenvalue weighted by atomic mass is 79.9. The first kappa shape index (κ1) is 13.5. The van der Waals surface area contributed by atoms with Gasteiger partial charge in [-0.3, -0.25) is 9.48 Å². The fourth-order valence-corrected chi connectivity index (χ4v) is 2.12. The molecule has 0 aliphatic carbocycles. The van der Waals surface area contributed by atoms with Gasteiger partial charge in [0.2, 0.25) is 0 Å². The molecule has 2 N–H and O–H groups in total. The fourth-order valence-electron chi connectivity index (χ4n) is 1.65. The fraction of sp³-hybridized carbons (Fsp3) is 0.273. The summed E-state index contributed by atoms with van der Waals surface area (Å²) in [6.45, 7) is 4.16. The lowest BCUT2D eigenvalue weighted by molar-refractivity contribution is 0.101. The summed E-state index contributed by atoms with van der Waals surface area (Å²) in [5.74, 6) is -0.161. The molecule has 1 amide bonds. The molecule has 0 aromatic carbocycles. The highest BCUT2D eigenvalue weighted by Gasteiger charge is 2.17. The van der Waals surface area contributed by atoms with Crippen molar-refractivity contribution in [1.82, 2.24) is 19.7 Å². The summed E-state index contributed by atoms with van der Waals surface area (Å²) in [7, 11) is 0. The summed E-state index contributed by atoms with van der Waals surface area (Å²) in [6.07, 6.45) is 1.55. The van der Waals surface area contributed by atoms with E-state index in [1.165, 1.54) is 0 Å². The third-order valence-corrected chi connectivity index (χ3v) is 3.01. The molecule has 0 atom stereocenters. The third kappa shape index (κ3) is 2.90. The number of rotatable bonds is 3. The van der Waals surface area contributed by atoms with E-state index in [4.69, 9.17) is 0 Å². The molecule has 7 nitrogen and oxygen atoms in total. The van der Waals surface area contributed by atoms with E-state index in [2.05, 4.69) is 36.3 Å². The van der Waals surface area contributed by atoms with Crippen LogP contribution in [0.15, 0.2) is 21.5 Å². The van der Waals surface area contributed by atoms with Crippen molar-refractivity contribution in [2.75, 3.05) is 5.32 Å². The number of carbonyl (C=O) groups is 1. The maximum Gasteiger partial charge on any atom is 0.347 e. The van der Waals surface area contributed by atoms with Gasteiger partial charge in [-0.25, -0.2) is 4.79 Å². The van der Waals surface area contributed by atoms with Gasteiger partial charge in [-0.2, -0.15) is 10.1 Å². The molecule has 0 saturated carbocycles. The highest BCUT2D eigenvalue weighted by molar-refractivity contribution is 9.10. The van der Waals surface area contributed by atoms with Gasteiger partial charge in [0.25, 0.3) is 5.91 Å². The summed E-state index contributed by atoms with van der Waals surface area (Å²) in [5.41, 5.74) is 0.513. The van der Waals surface area contributed by atoms with Crippen LogP contribution in [-0.2, 0) is 6.54 Å². The first-order valence-corrected chi connectivity index (χ1v) is 6.41. The van der Waals surface area contributed by atoms with E-state index in [-0.39, 0.29) is 11.7 Å². The molecule has 0 aliphatic rings. The molecule has 2 rings (SSSR count). The zero-order chi connectivity index (χ0) is 14.0. The number of hydrogen-bond donors (Lipinski definition) is 2. The quantitative estimate of drug-likeness (QED) is 0.889. The summed E-state index contributed by atoms with van der Waals surface area (Å²) in [6, 6.07) is 1.58. The molecule has 2 aromatic heterocycles. The van der Waals surface area contributed by atoms with Crippen molar-refractivity contribution in [1.29, 1.82) is 0 Å². The lowest BCUT2D eigenvalue weighted by atomic mass is 10.3. The molecular formula is C11H12BrN5O2. The van der Waals surface area contributed by atoms with E-state index in [1.54, 1.807) is 23.9 Å². The summed E-state index contributed by atoms with van der Waals surface area (Å²) in [5, 5.41) is 6.63. The number of nitrogens with one attached hydrogen (secondary N) is 2. The van der Waals surface area contributed by atoms with Crippen molar-refractivity contribution >= 4 is 27.7 Å². The average molecular weight is 326 g/mol. The molecule has 0 fully saturated rings. The van der Waals surface area contributed by atoms with Crippen molar-refractivity contribution < 1.29 is 4.79 Å². The Hall–Kier alpha value is -1.96. The molecule has 0 radical (unpaired) electrons. The van der Waals surface area contributed by atoms with Crippen LogP contribution >= 0.6 is 15.9 Å². The van der Waals surface area contributed by atoms with Crippen LogP contribution < -0.4 is 11.0 Å². The molecule has 0 spiro atoms. The van der Waals surface area contributed by atoms with E-state index >= 15 is 0 Å². The maximum absolute atomic E-state index is 12.1. The Labute approximate surface area is 117 Å². The molecule has 0 saturated heterocycles. The van der Waals surface area contributed by atoms with Crippen molar-refractivity contribution in [2.45, 2.75) is 20.4 Å². The van der Waals surface area contributed by atoms with Gasteiger partial charge in [-0.15, -0.1) is 0 Å². The van der Waals surface area contributed by atoms with Gasteiger partial charge < -0.3 is 10.3 Å². The van der Waals surface area contributed by atoms with Gasteiger partial charge in [-0.1, -0.05) is 0 Å². The minimum atomic E-state index is -0.502. The largest absolute Gasteiger partial charge is 0.347 e. The van der Waals surface area contributed by atoms with Crippen LogP contribution in [0.1, 0.15) is 23.1 Å². The lowest BCUT2D eigenvalue weighted by Gasteiger charge is -2.06. The van der Waals surface area contributed by atoms with Gasteiger partial charge in [0.15, 0.2) is 0 Å². The number of amides is 1. The van der Waals surface area contributed by atoms with Gasteiger partial charge in [0.05, 0.1) is 10.7 Å². The van der Waals surface area contributed by atoms with Crippen LogP contribution in [0.25, 0.3) is 0 Å². The third-order valence-electron chi connectivity index (χ3n) is 2.43. The molecule has 19 heavy (non-hydrogen) atoms. The highest BCUT2D eigenvalue weighted by Crippen LogP contribution is 2.17. The molecular weight excluding hydrogens is 314 g/mol. The molecule has 0 aliphatic heterocycles. The van der Waals surface area contributed by atoms with Crippen LogP contribution in [0.4, 0.5) is 5.82 Å². The minimum absolute atomic E-state index is 0.210. The van der Waals surface area contributed by atoms with E-state index in [0.29, 0.717) is 22.4 Å². The smallest absolute Gasteiger partial charge is 0.310 e. The molecule has 0 unspecified atom stereocenters. The number of aryl methyl sites for hydroxylation is 2. The summed E-state index contributed by atoms with van der Waals surface area (Å²) >= 11 is 3.27. The number of aromatic amines is 1. The Morgan fingerprint density at radius 2 is 2.32 bits per heavy atom. The molecule has 2 aromatic rings. The van der Waals surface area contributed by atoms with Gasteiger partial charge >= 0.3 is 5.69 Å². The van der Waals surface area contributed by atoms with E-state index in [9.17, 15) is 9.59 Å². The predicted octanol–water partition coefficient (Wildman–Crippen LogP) is 1.31. The van der Waals surface area contributed by atoms with Crippen molar-refractivity contribution in [2.24, 2.45) is 0 Å². The number of H-pyrrole nitrogens is 1. The minimum Gasteiger partial charge on any atom is -0.310 e. The lowest BCUT2D eigenvalue weighted by Crippen LogP contribution is -2.21.